The van der Waals surface area contributed by atoms with Crippen molar-refractivity contribution in [3.63, 3.8) is 0 Å². The summed E-state index contributed by atoms with van der Waals surface area (Å²) in [5.74, 6) is -1.74. The third-order valence-electron chi connectivity index (χ3n) is 4.14. The third-order valence-corrected chi connectivity index (χ3v) is 4.14. The molecule has 24 heavy (non-hydrogen) atoms. The summed E-state index contributed by atoms with van der Waals surface area (Å²) >= 11 is 0. The van der Waals surface area contributed by atoms with Crippen LogP contribution in [0.15, 0.2) is 0 Å². The van der Waals surface area contributed by atoms with E-state index in [1.807, 2.05) is 0 Å². The van der Waals surface area contributed by atoms with Crippen LogP contribution in [0.1, 0.15) is 68.5 Å². The summed E-state index contributed by atoms with van der Waals surface area (Å²) in [6, 6.07) is 0. The van der Waals surface area contributed by atoms with Gasteiger partial charge in [-0.15, -0.1) is 0 Å². The molecule has 0 unspecified atom stereocenters. The molecule has 0 atom stereocenters. The fraction of sp³-hybridized carbons (Fsp3) is 0.500. The molecule has 6 nitrogen and oxygen atoms in total. The molecule has 132 valence electrons. The Hall–Kier alpha value is -1.89. The Labute approximate surface area is 141 Å². The Morgan fingerprint density at radius 2 is 0.792 bits per heavy atom. The maximum Gasteiger partial charge on any atom is 0.188 e. The topological polar surface area (TPSA) is 112 Å². The predicted octanol–water partition coefficient (Wildman–Crippen LogP) is 0.899. The number of aliphatic hydroxyl groups is 3. The van der Waals surface area contributed by atoms with Gasteiger partial charge in [0.2, 0.25) is 0 Å². The van der Waals surface area contributed by atoms with Gasteiger partial charge in [-0.25, -0.2) is 0 Å². The van der Waals surface area contributed by atoms with Crippen molar-refractivity contribution in [3.8, 4) is 0 Å². The third kappa shape index (κ3) is 3.45. The maximum absolute atomic E-state index is 12.3. The molecule has 0 aromatic heterocycles. The Kier molecular flexibility index (Phi) is 7.41. The first-order valence-electron chi connectivity index (χ1n) is 8.05. The lowest BCUT2D eigenvalue weighted by Gasteiger charge is -2.23. The van der Waals surface area contributed by atoms with Crippen LogP contribution in [0.4, 0.5) is 0 Å². The summed E-state index contributed by atoms with van der Waals surface area (Å²) in [4.78, 5) is 36.9. The molecule has 0 saturated heterocycles. The Balaban J connectivity index is 4.12. The zero-order valence-corrected chi connectivity index (χ0v) is 14.3. The van der Waals surface area contributed by atoms with E-state index >= 15 is 0 Å². The van der Waals surface area contributed by atoms with Gasteiger partial charge in [0, 0.05) is 16.7 Å². The van der Waals surface area contributed by atoms with Gasteiger partial charge in [0.05, 0.1) is 0 Å². The second-order valence-corrected chi connectivity index (χ2v) is 5.37. The molecule has 1 aromatic rings. The van der Waals surface area contributed by atoms with Gasteiger partial charge < -0.3 is 15.3 Å². The molecule has 1 aromatic carbocycles. The number of carbonyl (C=O) groups is 3. The van der Waals surface area contributed by atoms with Crippen LogP contribution in [0, 0.1) is 0 Å². The highest BCUT2D eigenvalue weighted by atomic mass is 16.3. The zero-order chi connectivity index (χ0) is 18.4. The molecule has 0 aliphatic carbocycles. The average molecular weight is 336 g/mol. The van der Waals surface area contributed by atoms with Gasteiger partial charge in [0.15, 0.2) is 17.3 Å². The molecule has 0 amide bonds. The highest BCUT2D eigenvalue weighted by Crippen LogP contribution is 2.31. The van der Waals surface area contributed by atoms with Gasteiger partial charge >= 0.3 is 0 Å². The smallest absolute Gasteiger partial charge is 0.188 e. The van der Waals surface area contributed by atoms with E-state index in [0.717, 1.165) is 0 Å². The van der Waals surface area contributed by atoms with Gasteiger partial charge in [-0.2, -0.15) is 0 Å². The van der Waals surface area contributed by atoms with Crippen LogP contribution in [0.25, 0.3) is 0 Å². The molecule has 6 heteroatoms. The lowest BCUT2D eigenvalue weighted by Crippen LogP contribution is -2.24. The van der Waals surface area contributed by atoms with Crippen molar-refractivity contribution in [2.24, 2.45) is 0 Å². The Bertz CT molecular complexity index is 548. The van der Waals surface area contributed by atoms with Crippen molar-refractivity contribution in [2.45, 2.75) is 40.0 Å². The number of Topliss-reactive ketones (excluding diaryl/α,β-unsaturated/α-hetero) is 3. The molecule has 1 rings (SSSR count). The molecule has 0 radical (unpaired) electrons. The summed E-state index contributed by atoms with van der Waals surface area (Å²) in [5.41, 5.74) is 1.80. The van der Waals surface area contributed by atoms with Crippen molar-refractivity contribution >= 4 is 17.3 Å². The Morgan fingerprint density at radius 3 is 0.917 bits per heavy atom. The number of aliphatic hydroxyl groups excluding tert-OH is 3. The molecule has 0 spiro atoms. The van der Waals surface area contributed by atoms with Crippen molar-refractivity contribution in [1.29, 1.82) is 0 Å². The fourth-order valence-corrected chi connectivity index (χ4v) is 3.23. The molecule has 0 heterocycles. The first kappa shape index (κ1) is 20.2. The fourth-order valence-electron chi connectivity index (χ4n) is 3.23. The van der Waals surface area contributed by atoms with Crippen LogP contribution in [0.2, 0.25) is 0 Å². The highest BCUT2D eigenvalue weighted by Gasteiger charge is 2.29. The van der Waals surface area contributed by atoms with Gasteiger partial charge in [-0.3, -0.25) is 14.4 Å². The first-order valence-corrected chi connectivity index (χ1v) is 8.05. The molecular formula is C18H24O6. The SMILES string of the molecule is CCc1c(C(=O)CO)c(CC)c(C(=O)CO)c(CC)c1C(=O)CO. The van der Waals surface area contributed by atoms with E-state index in [1.165, 1.54) is 0 Å². The largest absolute Gasteiger partial charge is 0.388 e. The molecule has 0 bridgehead atoms. The molecule has 0 saturated carbocycles. The van der Waals surface area contributed by atoms with Gasteiger partial charge in [-0.1, -0.05) is 20.8 Å². The summed E-state index contributed by atoms with van der Waals surface area (Å²) < 4.78 is 0. The van der Waals surface area contributed by atoms with Crippen LogP contribution < -0.4 is 0 Å². The maximum atomic E-state index is 12.3. The molecular weight excluding hydrogens is 312 g/mol. The predicted molar refractivity (Wildman–Crippen MR) is 88.8 cm³/mol. The van der Waals surface area contributed by atoms with Gasteiger partial charge in [-0.05, 0) is 36.0 Å². The van der Waals surface area contributed by atoms with E-state index in [0.29, 0.717) is 36.0 Å². The molecule has 0 aliphatic rings. The number of benzene rings is 1. The minimum Gasteiger partial charge on any atom is -0.388 e. The molecule has 0 fully saturated rings. The lowest BCUT2D eigenvalue weighted by molar-refractivity contribution is 0.0895. The quantitative estimate of drug-likeness (QED) is 0.578. The average Bonchev–Trinajstić information content (AvgIpc) is 2.63. The Morgan fingerprint density at radius 1 is 0.583 bits per heavy atom. The van der Waals surface area contributed by atoms with E-state index in [4.69, 9.17) is 0 Å². The van der Waals surface area contributed by atoms with E-state index in [1.54, 1.807) is 20.8 Å². The number of ketones is 3. The van der Waals surface area contributed by atoms with E-state index in [2.05, 4.69) is 0 Å². The van der Waals surface area contributed by atoms with Crippen LogP contribution in [-0.4, -0.2) is 52.5 Å². The number of hydrogen-bond acceptors (Lipinski definition) is 6. The van der Waals surface area contributed by atoms with E-state index < -0.39 is 37.2 Å². The molecule has 3 N–H and O–H groups in total. The summed E-state index contributed by atoms with van der Waals surface area (Å²) in [5, 5.41) is 27.9. The van der Waals surface area contributed by atoms with Gasteiger partial charge in [0.1, 0.15) is 19.8 Å². The lowest BCUT2D eigenvalue weighted by atomic mass is 9.79. The van der Waals surface area contributed by atoms with Crippen molar-refractivity contribution in [3.05, 3.63) is 33.4 Å². The summed E-state index contributed by atoms with van der Waals surface area (Å²) in [7, 11) is 0. The highest BCUT2D eigenvalue weighted by molar-refractivity contribution is 6.12. The summed E-state index contributed by atoms with van der Waals surface area (Å²) in [6.45, 7) is 3.07. The minimum absolute atomic E-state index is 0.160. The zero-order valence-electron chi connectivity index (χ0n) is 14.3. The van der Waals surface area contributed by atoms with Gasteiger partial charge in [0.25, 0.3) is 0 Å². The van der Waals surface area contributed by atoms with Crippen molar-refractivity contribution in [1.82, 2.24) is 0 Å². The second-order valence-electron chi connectivity index (χ2n) is 5.37. The summed E-state index contributed by atoms with van der Waals surface area (Å²) in [6.07, 6.45) is 1.03. The minimum atomic E-state index is -0.745. The van der Waals surface area contributed by atoms with Crippen LogP contribution in [-0.2, 0) is 19.3 Å². The normalized spacial score (nSPS) is 10.8. The van der Waals surface area contributed by atoms with Crippen LogP contribution in [0.3, 0.4) is 0 Å². The van der Waals surface area contributed by atoms with Crippen molar-refractivity contribution in [2.75, 3.05) is 19.8 Å². The van der Waals surface area contributed by atoms with Crippen LogP contribution >= 0.6 is 0 Å². The van der Waals surface area contributed by atoms with Crippen LogP contribution in [0.5, 0.6) is 0 Å². The van der Waals surface area contributed by atoms with E-state index in [9.17, 15) is 29.7 Å². The van der Waals surface area contributed by atoms with Crippen molar-refractivity contribution < 1.29 is 29.7 Å². The van der Waals surface area contributed by atoms with E-state index in [-0.39, 0.29) is 16.7 Å². The monoisotopic (exact) mass is 336 g/mol. The molecule has 0 aliphatic heterocycles. The first-order chi connectivity index (χ1) is 11.4. The number of hydrogen-bond donors (Lipinski definition) is 3. The number of rotatable bonds is 9. The standard InChI is InChI=1S/C18H24O6/c1-4-10-16(13(22)7-19)11(5-2)18(15(24)9-21)12(6-3)17(10)14(23)8-20/h19-21H,4-9H2,1-3H3. The second kappa shape index (κ2) is 8.82. The number of carbonyl (C=O) groups excluding carboxylic acids is 3.